The molecule has 162 valence electrons. The SMILES string of the molecule is CCOc1ccc(NC(=O)NC(=O)C[NH+]2CCC[C@@H]2c2cccn2C)cc1OCC. The number of hydrogen-bond acceptors (Lipinski definition) is 4. The summed E-state index contributed by atoms with van der Waals surface area (Å²) in [4.78, 5) is 26.0. The highest BCUT2D eigenvalue weighted by atomic mass is 16.5. The number of anilines is 1. The van der Waals surface area contributed by atoms with E-state index >= 15 is 0 Å². The number of carbonyl (C=O) groups excluding carboxylic acids is 2. The van der Waals surface area contributed by atoms with Crippen molar-refractivity contribution in [3.05, 3.63) is 42.2 Å². The summed E-state index contributed by atoms with van der Waals surface area (Å²) in [6.45, 7) is 5.95. The molecule has 1 unspecified atom stereocenters. The molecular weight excluding hydrogens is 384 g/mol. The number of ether oxygens (including phenoxy) is 2. The molecule has 2 heterocycles. The van der Waals surface area contributed by atoms with Crippen molar-refractivity contribution < 1.29 is 24.0 Å². The van der Waals surface area contributed by atoms with E-state index in [2.05, 4.69) is 21.3 Å². The van der Waals surface area contributed by atoms with Crippen LogP contribution in [0.15, 0.2) is 36.5 Å². The molecule has 0 radical (unpaired) electrons. The van der Waals surface area contributed by atoms with Crippen LogP contribution in [0.4, 0.5) is 10.5 Å². The highest BCUT2D eigenvalue weighted by Gasteiger charge is 2.33. The molecule has 1 saturated heterocycles. The maximum absolute atomic E-state index is 12.5. The molecule has 2 atom stereocenters. The van der Waals surface area contributed by atoms with Gasteiger partial charge in [-0.2, -0.15) is 0 Å². The number of benzene rings is 1. The molecule has 30 heavy (non-hydrogen) atoms. The van der Waals surface area contributed by atoms with Gasteiger partial charge in [0.25, 0.3) is 5.91 Å². The molecule has 1 aliphatic heterocycles. The van der Waals surface area contributed by atoms with E-state index < -0.39 is 6.03 Å². The molecule has 8 heteroatoms. The van der Waals surface area contributed by atoms with E-state index in [0.717, 1.165) is 19.4 Å². The number of urea groups is 1. The number of hydrogen-bond donors (Lipinski definition) is 3. The van der Waals surface area contributed by atoms with Crippen LogP contribution in [0.3, 0.4) is 0 Å². The third-order valence-electron chi connectivity index (χ3n) is 5.27. The fraction of sp³-hybridized carbons (Fsp3) is 0.455. The molecule has 8 nitrogen and oxygen atoms in total. The van der Waals surface area contributed by atoms with Gasteiger partial charge in [0.2, 0.25) is 0 Å². The molecule has 0 spiro atoms. The van der Waals surface area contributed by atoms with E-state index in [9.17, 15) is 9.59 Å². The first-order valence-corrected chi connectivity index (χ1v) is 10.5. The molecule has 0 aliphatic carbocycles. The largest absolute Gasteiger partial charge is 0.490 e. The summed E-state index contributed by atoms with van der Waals surface area (Å²) in [7, 11) is 2.02. The third-order valence-corrected chi connectivity index (χ3v) is 5.27. The number of quaternary nitrogens is 1. The van der Waals surface area contributed by atoms with Crippen molar-refractivity contribution in [2.45, 2.75) is 32.7 Å². The van der Waals surface area contributed by atoms with Gasteiger partial charge in [-0.25, -0.2) is 4.79 Å². The standard InChI is InChI=1S/C22H30N4O4/c1-4-29-19-11-10-16(14-20(19)30-5-2)23-22(28)24-21(27)15-26-13-7-9-18(26)17-8-6-12-25(17)3/h6,8,10-12,14,18H,4-5,7,9,13,15H2,1-3H3,(H2,23,24,27,28)/p+1/t18-/m1/s1. The van der Waals surface area contributed by atoms with Gasteiger partial charge in [0.05, 0.1) is 25.5 Å². The van der Waals surface area contributed by atoms with E-state index in [-0.39, 0.29) is 18.5 Å². The van der Waals surface area contributed by atoms with Crippen LogP contribution in [-0.2, 0) is 11.8 Å². The number of aryl methyl sites for hydroxylation is 1. The number of aromatic nitrogens is 1. The first-order valence-electron chi connectivity index (χ1n) is 10.5. The van der Waals surface area contributed by atoms with Gasteiger partial charge in [-0.1, -0.05) is 0 Å². The molecule has 1 fully saturated rings. The van der Waals surface area contributed by atoms with Crippen LogP contribution in [0.1, 0.15) is 38.4 Å². The molecule has 0 bridgehead atoms. The predicted molar refractivity (Wildman–Crippen MR) is 114 cm³/mol. The second kappa shape index (κ2) is 10.2. The van der Waals surface area contributed by atoms with Crippen LogP contribution in [-0.4, -0.2) is 42.8 Å². The van der Waals surface area contributed by atoms with E-state index in [1.807, 2.05) is 33.2 Å². The van der Waals surface area contributed by atoms with Gasteiger partial charge >= 0.3 is 6.03 Å². The first-order chi connectivity index (χ1) is 14.5. The quantitative estimate of drug-likeness (QED) is 0.615. The van der Waals surface area contributed by atoms with E-state index in [1.54, 1.807) is 18.2 Å². The summed E-state index contributed by atoms with van der Waals surface area (Å²) in [6, 6.07) is 8.99. The molecule has 3 amide bonds. The van der Waals surface area contributed by atoms with Crippen LogP contribution in [0, 0.1) is 0 Å². The Kier molecular flexibility index (Phi) is 7.35. The first kappa shape index (κ1) is 21.7. The van der Waals surface area contributed by atoms with Crippen LogP contribution < -0.4 is 25.0 Å². The molecule has 1 aromatic carbocycles. The third kappa shape index (κ3) is 5.33. The Bertz CT molecular complexity index is 880. The predicted octanol–water partition coefficient (Wildman–Crippen LogP) is 1.89. The molecule has 3 N–H and O–H groups in total. The zero-order chi connectivity index (χ0) is 21.5. The van der Waals surface area contributed by atoms with Crippen molar-refractivity contribution in [3.63, 3.8) is 0 Å². The summed E-state index contributed by atoms with van der Waals surface area (Å²) in [5, 5.41) is 5.13. The maximum Gasteiger partial charge on any atom is 0.326 e. The maximum atomic E-state index is 12.5. The van der Waals surface area contributed by atoms with Gasteiger partial charge in [-0.3, -0.25) is 10.1 Å². The van der Waals surface area contributed by atoms with Crippen LogP contribution in [0.5, 0.6) is 11.5 Å². The zero-order valence-electron chi connectivity index (χ0n) is 17.9. The lowest BCUT2D eigenvalue weighted by atomic mass is 10.1. The van der Waals surface area contributed by atoms with E-state index in [0.29, 0.717) is 30.4 Å². The number of likely N-dealkylation sites (tertiary alicyclic amines) is 1. The summed E-state index contributed by atoms with van der Waals surface area (Å²) in [5.41, 5.74) is 1.75. The number of carbonyl (C=O) groups is 2. The van der Waals surface area contributed by atoms with Crippen molar-refractivity contribution in [1.82, 2.24) is 9.88 Å². The second-order valence-corrected chi connectivity index (χ2v) is 7.35. The highest BCUT2D eigenvalue weighted by molar-refractivity contribution is 6.01. The smallest absolute Gasteiger partial charge is 0.326 e. The number of nitrogens with zero attached hydrogens (tertiary/aromatic N) is 1. The van der Waals surface area contributed by atoms with Crippen molar-refractivity contribution in [1.29, 1.82) is 0 Å². The van der Waals surface area contributed by atoms with Gasteiger partial charge < -0.3 is 24.3 Å². The normalized spacial score (nSPS) is 18.1. The van der Waals surface area contributed by atoms with Gasteiger partial charge in [0.15, 0.2) is 18.0 Å². The van der Waals surface area contributed by atoms with Crippen molar-refractivity contribution in [3.8, 4) is 11.5 Å². The molecule has 1 aliphatic rings. The van der Waals surface area contributed by atoms with Crippen LogP contribution in [0.25, 0.3) is 0 Å². The van der Waals surface area contributed by atoms with Crippen molar-refractivity contribution in [2.24, 2.45) is 7.05 Å². The summed E-state index contributed by atoms with van der Waals surface area (Å²) >= 11 is 0. The lowest BCUT2D eigenvalue weighted by molar-refractivity contribution is -0.911. The molecule has 2 aromatic rings. The molecule has 1 aromatic heterocycles. The molecule has 0 saturated carbocycles. The number of amides is 3. The minimum Gasteiger partial charge on any atom is -0.490 e. The summed E-state index contributed by atoms with van der Waals surface area (Å²) in [6.07, 6.45) is 4.13. The Balaban J connectivity index is 1.56. The fourth-order valence-corrected chi connectivity index (χ4v) is 3.98. The van der Waals surface area contributed by atoms with Gasteiger partial charge in [-0.05, 0) is 38.1 Å². The Morgan fingerprint density at radius 3 is 2.63 bits per heavy atom. The average Bonchev–Trinajstić information content (AvgIpc) is 3.32. The lowest BCUT2D eigenvalue weighted by Gasteiger charge is -2.21. The minimum atomic E-state index is -0.555. The topological polar surface area (TPSA) is 86.0 Å². The van der Waals surface area contributed by atoms with Gasteiger partial charge in [0.1, 0.15) is 6.04 Å². The Hall–Kier alpha value is -3.00. The van der Waals surface area contributed by atoms with Crippen LogP contribution in [0.2, 0.25) is 0 Å². The van der Waals surface area contributed by atoms with Crippen LogP contribution >= 0.6 is 0 Å². The lowest BCUT2D eigenvalue weighted by Crippen LogP contribution is -3.11. The summed E-state index contributed by atoms with van der Waals surface area (Å²) in [5.74, 6) is 0.876. The average molecular weight is 416 g/mol. The van der Waals surface area contributed by atoms with E-state index in [1.165, 1.54) is 10.6 Å². The Morgan fingerprint density at radius 1 is 1.17 bits per heavy atom. The minimum absolute atomic E-state index is 0.261. The number of rotatable bonds is 8. The molecular formula is C22H31N4O4+. The Labute approximate surface area is 177 Å². The van der Waals surface area contributed by atoms with Gasteiger partial charge in [-0.15, -0.1) is 0 Å². The van der Waals surface area contributed by atoms with E-state index in [4.69, 9.17) is 9.47 Å². The highest BCUT2D eigenvalue weighted by Crippen LogP contribution is 2.30. The van der Waals surface area contributed by atoms with Gasteiger partial charge in [0, 0.05) is 37.8 Å². The summed E-state index contributed by atoms with van der Waals surface area (Å²) < 4.78 is 13.2. The second-order valence-electron chi connectivity index (χ2n) is 7.35. The monoisotopic (exact) mass is 415 g/mol. The number of imide groups is 1. The fourth-order valence-electron chi connectivity index (χ4n) is 3.98. The van der Waals surface area contributed by atoms with Crippen molar-refractivity contribution >= 4 is 17.6 Å². The number of nitrogens with one attached hydrogen (secondary N) is 3. The molecule has 3 rings (SSSR count). The zero-order valence-corrected chi connectivity index (χ0v) is 17.9. The Morgan fingerprint density at radius 2 is 1.93 bits per heavy atom. The van der Waals surface area contributed by atoms with Crippen molar-refractivity contribution in [2.75, 3.05) is 31.6 Å².